The molecule has 1 atom stereocenters. The molecule has 2 aromatic carbocycles. The average molecular weight is 491 g/mol. The van der Waals surface area contributed by atoms with E-state index in [1.54, 1.807) is 24.3 Å². The van der Waals surface area contributed by atoms with Crippen LogP contribution in [0.2, 0.25) is 0 Å². The number of fused-ring (bicyclic) bond motifs is 3. The van der Waals surface area contributed by atoms with Gasteiger partial charge in [-0.3, -0.25) is 19.0 Å². The number of rotatable bonds is 8. The molecule has 0 unspecified atom stereocenters. The molecule has 2 aromatic heterocycles. The van der Waals surface area contributed by atoms with Crippen LogP contribution < -0.4 is 21.9 Å². The molecule has 0 aliphatic carbocycles. The summed E-state index contributed by atoms with van der Waals surface area (Å²) >= 11 is 0. The summed E-state index contributed by atoms with van der Waals surface area (Å²) in [5.41, 5.74) is 2.04. The Morgan fingerprint density at radius 1 is 1.06 bits per heavy atom. The minimum atomic E-state index is -0.546. The highest BCUT2D eigenvalue weighted by atomic mass is 16.2. The van der Waals surface area contributed by atoms with Gasteiger partial charge in [-0.15, -0.1) is 5.10 Å². The van der Waals surface area contributed by atoms with Gasteiger partial charge >= 0.3 is 5.69 Å². The van der Waals surface area contributed by atoms with E-state index in [9.17, 15) is 19.2 Å². The maximum Gasteiger partial charge on any atom is 0.352 e. The topological polar surface area (TPSA) is 120 Å². The van der Waals surface area contributed by atoms with Crippen molar-refractivity contribution in [3.05, 3.63) is 74.4 Å². The predicted molar refractivity (Wildman–Crippen MR) is 138 cm³/mol. The van der Waals surface area contributed by atoms with Crippen LogP contribution in [0.15, 0.2) is 52.1 Å². The van der Waals surface area contributed by atoms with Crippen LogP contribution in [0.4, 0.5) is 5.69 Å². The molecule has 2 N–H and O–H groups in total. The van der Waals surface area contributed by atoms with Crippen LogP contribution >= 0.6 is 0 Å². The lowest BCUT2D eigenvalue weighted by molar-refractivity contribution is -0.122. The molecule has 2 amide bonds. The van der Waals surface area contributed by atoms with Gasteiger partial charge in [0, 0.05) is 24.7 Å². The number of anilines is 1. The molecule has 0 saturated carbocycles. The highest BCUT2D eigenvalue weighted by molar-refractivity contribution is 5.91. The smallest absolute Gasteiger partial charge is 0.352 e. The second kappa shape index (κ2) is 10.2. The Labute approximate surface area is 207 Å². The minimum absolute atomic E-state index is 0.0169. The Kier molecular flexibility index (Phi) is 7.05. The zero-order valence-corrected chi connectivity index (χ0v) is 20.9. The molecule has 10 heteroatoms. The summed E-state index contributed by atoms with van der Waals surface area (Å²) in [5, 5.41) is 10.4. The second-order valence-electron chi connectivity index (χ2n) is 9.04. The third kappa shape index (κ3) is 4.93. The Balaban J connectivity index is 1.72. The summed E-state index contributed by atoms with van der Waals surface area (Å²) in [6.45, 7) is 7.40. The average Bonchev–Trinajstić information content (AvgIpc) is 3.16. The van der Waals surface area contributed by atoms with Crippen molar-refractivity contribution >= 4 is 34.2 Å². The molecule has 2 heterocycles. The van der Waals surface area contributed by atoms with Gasteiger partial charge in [-0.05, 0) is 56.5 Å². The van der Waals surface area contributed by atoms with E-state index in [0.29, 0.717) is 16.6 Å². The fourth-order valence-corrected chi connectivity index (χ4v) is 4.03. The van der Waals surface area contributed by atoms with Crippen molar-refractivity contribution < 1.29 is 9.59 Å². The van der Waals surface area contributed by atoms with E-state index in [-0.39, 0.29) is 42.8 Å². The second-order valence-corrected chi connectivity index (χ2v) is 9.04. The molecule has 4 rings (SSSR count). The maximum absolute atomic E-state index is 13.3. The molecule has 0 aliphatic heterocycles. The first-order valence-electron chi connectivity index (χ1n) is 12.0. The maximum atomic E-state index is 13.3. The fourth-order valence-electron chi connectivity index (χ4n) is 4.03. The number of benzene rings is 2. The highest BCUT2D eigenvalue weighted by Crippen LogP contribution is 2.16. The Hall–Kier alpha value is -4.21. The first kappa shape index (κ1) is 24.9. The van der Waals surface area contributed by atoms with Crippen molar-refractivity contribution in [3.63, 3.8) is 0 Å². The van der Waals surface area contributed by atoms with Crippen molar-refractivity contribution in [1.29, 1.82) is 0 Å². The third-order valence-electron chi connectivity index (χ3n) is 6.23. The number of hydrogen-bond donors (Lipinski definition) is 2. The van der Waals surface area contributed by atoms with Crippen molar-refractivity contribution in [2.75, 3.05) is 5.32 Å². The van der Waals surface area contributed by atoms with Crippen molar-refractivity contribution in [3.8, 4) is 0 Å². The van der Waals surface area contributed by atoms with Crippen LogP contribution in [0.25, 0.3) is 16.7 Å². The molecule has 0 radical (unpaired) electrons. The largest absolute Gasteiger partial charge is 0.354 e. The first-order chi connectivity index (χ1) is 17.2. The zero-order valence-electron chi connectivity index (χ0n) is 20.9. The number of nitrogens with zero attached hydrogens (tertiary/aromatic N) is 4. The molecule has 188 valence electrons. The lowest BCUT2D eigenvalue weighted by atomic mass is 10.1. The van der Waals surface area contributed by atoms with Crippen LogP contribution in [0, 0.1) is 13.8 Å². The zero-order chi connectivity index (χ0) is 26.0. The van der Waals surface area contributed by atoms with Gasteiger partial charge in [-0.1, -0.05) is 31.2 Å². The van der Waals surface area contributed by atoms with E-state index in [2.05, 4.69) is 15.7 Å². The molecule has 4 aromatic rings. The monoisotopic (exact) mass is 490 g/mol. The third-order valence-corrected chi connectivity index (χ3v) is 6.23. The highest BCUT2D eigenvalue weighted by Gasteiger charge is 2.19. The normalized spacial score (nSPS) is 12.1. The van der Waals surface area contributed by atoms with Crippen LogP contribution in [-0.4, -0.2) is 36.6 Å². The summed E-state index contributed by atoms with van der Waals surface area (Å²) in [6.07, 6.45) is 0.836. The fraction of sp³-hybridized carbons (Fsp3) is 0.346. The Morgan fingerprint density at radius 3 is 2.56 bits per heavy atom. The molecule has 10 nitrogen and oxygen atoms in total. The van der Waals surface area contributed by atoms with E-state index in [1.807, 2.05) is 45.9 Å². The number of nitrogens with one attached hydrogen (secondary N) is 2. The Morgan fingerprint density at radius 2 is 1.81 bits per heavy atom. The van der Waals surface area contributed by atoms with Crippen molar-refractivity contribution in [2.24, 2.45) is 0 Å². The molecule has 0 bridgehead atoms. The van der Waals surface area contributed by atoms with Gasteiger partial charge < -0.3 is 10.6 Å². The molecule has 36 heavy (non-hydrogen) atoms. The minimum Gasteiger partial charge on any atom is -0.354 e. The number of carbonyl (C=O) groups excluding carboxylic acids is 2. The molecular formula is C26H30N6O4. The Bertz CT molecular complexity index is 1580. The molecule has 0 fully saturated rings. The van der Waals surface area contributed by atoms with Crippen LogP contribution in [0.3, 0.4) is 0 Å². The number of carbonyl (C=O) groups is 2. The van der Waals surface area contributed by atoms with Crippen LogP contribution in [0.5, 0.6) is 0 Å². The predicted octanol–water partition coefficient (Wildman–Crippen LogP) is 2.37. The quantitative estimate of drug-likeness (QED) is 0.393. The van der Waals surface area contributed by atoms with E-state index in [4.69, 9.17) is 0 Å². The van der Waals surface area contributed by atoms with Gasteiger partial charge in [0.2, 0.25) is 17.6 Å². The van der Waals surface area contributed by atoms with Crippen molar-refractivity contribution in [1.82, 2.24) is 24.1 Å². The van der Waals surface area contributed by atoms with Gasteiger partial charge in [0.05, 0.1) is 10.9 Å². The number of amides is 2. The van der Waals surface area contributed by atoms with Crippen LogP contribution in [0.1, 0.15) is 37.8 Å². The lowest BCUT2D eigenvalue weighted by Crippen LogP contribution is -2.34. The standard InChI is InChI=1S/C26H30N6O4/c1-5-18(4)27-22(33)12-13-30-24(35)19-8-6-7-9-21(19)32-25(30)29-31(26(32)36)15-23(34)28-20-14-16(2)10-11-17(20)3/h6-11,14,18H,5,12-13,15H2,1-4H3,(H,27,33)(H,28,34)/t18-/m1/s1. The van der Waals surface area contributed by atoms with Gasteiger partial charge in [-0.25, -0.2) is 13.9 Å². The summed E-state index contributed by atoms with van der Waals surface area (Å²) in [7, 11) is 0. The summed E-state index contributed by atoms with van der Waals surface area (Å²) in [4.78, 5) is 51.8. The van der Waals surface area contributed by atoms with E-state index in [1.165, 1.54) is 8.97 Å². The summed E-state index contributed by atoms with van der Waals surface area (Å²) in [5.74, 6) is -0.530. The molecular weight excluding hydrogens is 460 g/mol. The number of aromatic nitrogens is 4. The first-order valence-corrected chi connectivity index (χ1v) is 12.0. The van der Waals surface area contributed by atoms with Crippen LogP contribution in [-0.2, 0) is 22.7 Å². The number of para-hydroxylation sites is 1. The van der Waals surface area contributed by atoms with Gasteiger partial charge in [0.1, 0.15) is 6.54 Å². The van der Waals surface area contributed by atoms with Gasteiger partial charge in [-0.2, -0.15) is 0 Å². The SMILES string of the molecule is CC[C@@H](C)NC(=O)CCn1c(=O)c2ccccc2n2c(=O)n(CC(=O)Nc3cc(C)ccc3C)nc12. The summed E-state index contributed by atoms with van der Waals surface area (Å²) in [6, 6.07) is 12.5. The summed E-state index contributed by atoms with van der Waals surface area (Å²) < 4.78 is 3.67. The van der Waals surface area contributed by atoms with Gasteiger partial charge in [0.25, 0.3) is 5.56 Å². The lowest BCUT2D eigenvalue weighted by Gasteiger charge is -2.12. The number of aryl methyl sites for hydroxylation is 3. The van der Waals surface area contributed by atoms with Gasteiger partial charge in [0.15, 0.2) is 0 Å². The molecule has 0 spiro atoms. The number of hydrogen-bond acceptors (Lipinski definition) is 5. The van der Waals surface area contributed by atoms with E-state index >= 15 is 0 Å². The van der Waals surface area contributed by atoms with E-state index in [0.717, 1.165) is 22.2 Å². The molecule has 0 saturated heterocycles. The van der Waals surface area contributed by atoms with E-state index < -0.39 is 11.6 Å². The van der Waals surface area contributed by atoms with Crippen molar-refractivity contribution in [2.45, 2.75) is 59.7 Å². The molecule has 0 aliphatic rings.